The minimum atomic E-state index is -2.77. The maximum atomic E-state index is 14.1. The Bertz CT molecular complexity index is 1860. The number of hydrogen-bond acceptors (Lipinski definition) is 6. The van der Waals surface area contributed by atoms with Gasteiger partial charge in [0.25, 0.3) is 0 Å². The van der Waals surface area contributed by atoms with Crippen LogP contribution in [-0.4, -0.2) is 40.6 Å². The molecule has 1 aliphatic heterocycles. The lowest BCUT2D eigenvalue weighted by atomic mass is 10.2. The van der Waals surface area contributed by atoms with Crippen molar-refractivity contribution in [2.24, 2.45) is 0 Å². The molecule has 0 aromatic heterocycles. The molecule has 52 heavy (non-hydrogen) atoms. The highest BCUT2D eigenvalue weighted by molar-refractivity contribution is 7.99. The largest absolute Gasteiger partial charge is 0.534 e. The summed E-state index contributed by atoms with van der Waals surface area (Å²) in [7, 11) is -2.77. The van der Waals surface area contributed by atoms with Crippen LogP contribution in [0.3, 0.4) is 0 Å². The number of fused-ring (bicyclic) bond motifs is 2. The van der Waals surface area contributed by atoms with Gasteiger partial charge < -0.3 is 19.0 Å². The highest BCUT2D eigenvalue weighted by Crippen LogP contribution is 2.50. The van der Waals surface area contributed by atoms with E-state index in [9.17, 15) is 4.79 Å². The van der Waals surface area contributed by atoms with Gasteiger partial charge >= 0.3 is 14.4 Å². The van der Waals surface area contributed by atoms with Gasteiger partial charge in [0.2, 0.25) is 0 Å². The minimum Gasteiger partial charge on any atom is -0.534 e. The fraction of sp³-hybridized carbons (Fsp3) is 0.295. The number of rotatable bonds is 12. The van der Waals surface area contributed by atoms with Gasteiger partial charge in [0.05, 0.1) is 11.4 Å². The third-order valence-corrected chi connectivity index (χ3v) is 16.0. The molecule has 8 heteroatoms. The summed E-state index contributed by atoms with van der Waals surface area (Å²) >= 11 is 1.71. The smallest absolute Gasteiger partial charge is 0.419 e. The van der Waals surface area contributed by atoms with E-state index in [4.69, 9.17) is 9.16 Å². The Labute approximate surface area is 315 Å². The van der Waals surface area contributed by atoms with Crippen LogP contribution in [0.15, 0.2) is 131 Å². The van der Waals surface area contributed by atoms with Crippen LogP contribution in [0, 0.1) is 0 Å². The van der Waals surface area contributed by atoms with Gasteiger partial charge in [-0.1, -0.05) is 105 Å². The molecular formula is C44H51N3O3SSi. The van der Waals surface area contributed by atoms with Crippen molar-refractivity contribution in [2.45, 2.75) is 69.9 Å². The summed E-state index contributed by atoms with van der Waals surface area (Å²) in [5.74, 6) is 0.799. The van der Waals surface area contributed by atoms with Gasteiger partial charge in [-0.2, -0.15) is 0 Å². The molecule has 1 heterocycles. The molecule has 5 aromatic carbocycles. The van der Waals surface area contributed by atoms with Gasteiger partial charge in [-0.25, -0.2) is 9.69 Å². The van der Waals surface area contributed by atoms with Crippen LogP contribution < -0.4 is 29.5 Å². The van der Waals surface area contributed by atoms with Crippen molar-refractivity contribution in [1.82, 2.24) is 0 Å². The average molecular weight is 730 g/mol. The Hall–Kier alpha value is -4.66. The van der Waals surface area contributed by atoms with Crippen molar-refractivity contribution < 1.29 is 14.0 Å². The molecular weight excluding hydrogens is 679 g/mol. The molecule has 0 atom stereocenters. The monoisotopic (exact) mass is 729 g/mol. The summed E-state index contributed by atoms with van der Waals surface area (Å²) in [4.78, 5) is 22.6. The van der Waals surface area contributed by atoms with Crippen LogP contribution in [0.5, 0.6) is 5.75 Å². The number of carbonyl (C=O) groups excluding carboxylic acids is 1. The fourth-order valence-corrected chi connectivity index (χ4v) is 12.8. The Balaban J connectivity index is 1.27. The van der Waals surface area contributed by atoms with Gasteiger partial charge in [0, 0.05) is 47.3 Å². The molecule has 0 saturated heterocycles. The molecule has 6 rings (SSSR count). The summed E-state index contributed by atoms with van der Waals surface area (Å²) in [5.41, 5.74) is 4.86. The SMILES string of the molecule is CCN(CC)c1ccc2c(c1)Sc1cc(N(CC)CC)ccc1N2C(=O)OCc1ccc(O[Si](c2ccccc2)(c2ccccc2)C(C)(C)C)cc1. The summed E-state index contributed by atoms with van der Waals surface area (Å²) in [5, 5.41) is 2.29. The van der Waals surface area contributed by atoms with E-state index in [1.165, 1.54) is 10.4 Å². The van der Waals surface area contributed by atoms with E-state index in [1.807, 2.05) is 24.3 Å². The predicted octanol–water partition coefficient (Wildman–Crippen LogP) is 10.3. The number of carbonyl (C=O) groups is 1. The van der Waals surface area contributed by atoms with E-state index >= 15 is 0 Å². The van der Waals surface area contributed by atoms with E-state index in [-0.39, 0.29) is 11.6 Å². The summed E-state index contributed by atoms with van der Waals surface area (Å²) in [6, 6.07) is 42.0. The molecule has 0 radical (unpaired) electrons. The van der Waals surface area contributed by atoms with Gasteiger partial charge in [-0.3, -0.25) is 0 Å². The summed E-state index contributed by atoms with van der Waals surface area (Å²) < 4.78 is 13.3. The molecule has 0 N–H and O–H groups in total. The first-order chi connectivity index (χ1) is 25.1. The van der Waals surface area contributed by atoms with Crippen LogP contribution in [-0.2, 0) is 11.3 Å². The highest BCUT2D eigenvalue weighted by Gasteiger charge is 2.52. The standard InChI is InChI=1S/C44H51N3O3SSi/c1-8-45(9-2)34-24-28-39-41(30-34)51-42-31-35(46(10-3)11-4)25-29-40(42)47(39)43(48)49-32-33-22-26-36(27-23-33)50-52(44(5,6)7,37-18-14-12-15-19-37)38-20-16-13-17-21-38/h12-31H,8-11,32H2,1-7H3. The zero-order valence-electron chi connectivity index (χ0n) is 31.6. The molecule has 0 fully saturated rings. The van der Waals surface area contributed by atoms with Crippen LogP contribution in [0.4, 0.5) is 27.5 Å². The number of benzene rings is 5. The van der Waals surface area contributed by atoms with Gasteiger partial charge in [-0.15, -0.1) is 0 Å². The summed E-state index contributed by atoms with van der Waals surface area (Å²) in [6.07, 6.45) is -0.401. The number of amides is 1. The van der Waals surface area contributed by atoms with E-state index in [2.05, 4.69) is 155 Å². The van der Waals surface area contributed by atoms with Crippen LogP contribution in [0.2, 0.25) is 5.04 Å². The normalized spacial score (nSPS) is 12.5. The molecule has 6 nitrogen and oxygen atoms in total. The molecule has 1 aliphatic rings. The van der Waals surface area contributed by atoms with E-state index in [0.29, 0.717) is 0 Å². The van der Waals surface area contributed by atoms with Gasteiger partial charge in [0.1, 0.15) is 12.4 Å². The number of nitrogens with zero attached hydrogens (tertiary/aromatic N) is 3. The second-order valence-electron chi connectivity index (χ2n) is 14.0. The highest BCUT2D eigenvalue weighted by atomic mass is 32.2. The Morgan fingerprint density at radius 2 is 1.12 bits per heavy atom. The zero-order chi connectivity index (χ0) is 36.9. The third-order valence-electron chi connectivity index (χ3n) is 10.0. The van der Waals surface area contributed by atoms with Crippen LogP contribution in [0.1, 0.15) is 54.0 Å². The van der Waals surface area contributed by atoms with Crippen molar-refractivity contribution in [1.29, 1.82) is 0 Å². The molecule has 0 unspecified atom stereocenters. The molecule has 270 valence electrons. The number of hydrogen-bond donors (Lipinski definition) is 0. The maximum absolute atomic E-state index is 14.1. The first-order valence-corrected chi connectivity index (χ1v) is 21.2. The Kier molecular flexibility index (Phi) is 11.4. The molecule has 0 saturated carbocycles. The Morgan fingerprint density at radius 3 is 1.54 bits per heavy atom. The Morgan fingerprint density at radius 1 is 0.654 bits per heavy atom. The molecule has 1 amide bonds. The maximum Gasteiger partial charge on any atom is 0.419 e. The lowest BCUT2D eigenvalue weighted by Gasteiger charge is -2.43. The van der Waals surface area contributed by atoms with Crippen molar-refractivity contribution >= 4 is 59.3 Å². The quantitative estimate of drug-likeness (QED) is 0.119. The van der Waals surface area contributed by atoms with Crippen molar-refractivity contribution in [3.63, 3.8) is 0 Å². The first-order valence-electron chi connectivity index (χ1n) is 18.4. The van der Waals surface area contributed by atoms with Crippen molar-refractivity contribution in [3.8, 4) is 5.75 Å². The van der Waals surface area contributed by atoms with Gasteiger partial charge in [0.15, 0.2) is 0 Å². The fourth-order valence-electron chi connectivity index (χ4n) is 7.24. The summed E-state index contributed by atoms with van der Waals surface area (Å²) in [6.45, 7) is 19.3. The lowest BCUT2D eigenvalue weighted by molar-refractivity contribution is 0.149. The van der Waals surface area contributed by atoms with Crippen LogP contribution in [0.25, 0.3) is 0 Å². The van der Waals surface area contributed by atoms with E-state index < -0.39 is 14.4 Å². The number of anilines is 4. The topological polar surface area (TPSA) is 45.2 Å². The third kappa shape index (κ3) is 7.32. The number of ether oxygens (including phenoxy) is 1. The molecule has 5 aromatic rings. The average Bonchev–Trinajstić information content (AvgIpc) is 3.16. The molecule has 0 aliphatic carbocycles. The minimum absolute atomic E-state index is 0.141. The van der Waals surface area contributed by atoms with Crippen molar-refractivity contribution in [3.05, 3.63) is 127 Å². The zero-order valence-corrected chi connectivity index (χ0v) is 33.4. The van der Waals surface area contributed by atoms with Crippen molar-refractivity contribution in [2.75, 3.05) is 40.9 Å². The van der Waals surface area contributed by atoms with E-state index in [1.54, 1.807) is 16.7 Å². The first kappa shape index (κ1) is 37.1. The second kappa shape index (κ2) is 15.9. The molecule has 0 spiro atoms. The lowest BCUT2D eigenvalue weighted by Crippen LogP contribution is -2.68. The second-order valence-corrected chi connectivity index (χ2v) is 19.4. The van der Waals surface area contributed by atoms with E-state index in [0.717, 1.165) is 70.0 Å². The van der Waals surface area contributed by atoms with Gasteiger partial charge in [-0.05, 0) is 97.2 Å². The van der Waals surface area contributed by atoms with Crippen LogP contribution >= 0.6 is 11.8 Å². The molecule has 0 bridgehead atoms. The predicted molar refractivity (Wildman–Crippen MR) is 221 cm³/mol.